The second-order valence-corrected chi connectivity index (χ2v) is 9.28. The van der Waals surface area contributed by atoms with Crippen LogP contribution in [0.2, 0.25) is 0 Å². The molecule has 0 saturated carbocycles. The molecule has 0 unspecified atom stereocenters. The van der Waals surface area contributed by atoms with Gasteiger partial charge in [-0.25, -0.2) is 0 Å². The molecule has 0 radical (unpaired) electrons. The van der Waals surface area contributed by atoms with Crippen molar-refractivity contribution < 1.29 is 14.8 Å². The van der Waals surface area contributed by atoms with E-state index >= 15 is 0 Å². The number of phenols is 1. The van der Waals surface area contributed by atoms with Crippen LogP contribution >= 0.6 is 15.9 Å². The molecule has 1 aliphatic rings. The summed E-state index contributed by atoms with van der Waals surface area (Å²) in [7, 11) is 0. The van der Waals surface area contributed by atoms with Crippen LogP contribution in [0.15, 0.2) is 71.5 Å². The zero-order chi connectivity index (χ0) is 24.2. The number of benzene rings is 2. The van der Waals surface area contributed by atoms with E-state index in [1.54, 1.807) is 24.5 Å². The van der Waals surface area contributed by atoms with E-state index in [9.17, 15) is 20.0 Å². The van der Waals surface area contributed by atoms with E-state index in [0.29, 0.717) is 25.1 Å². The number of amides is 1. The maximum atomic E-state index is 12.6. The molecule has 0 spiro atoms. The molecule has 1 amide bonds. The Morgan fingerprint density at radius 3 is 2.74 bits per heavy atom. The van der Waals surface area contributed by atoms with Gasteiger partial charge >= 0.3 is 0 Å². The quantitative estimate of drug-likeness (QED) is 0.270. The van der Waals surface area contributed by atoms with Gasteiger partial charge in [0.25, 0.3) is 0 Å². The van der Waals surface area contributed by atoms with Gasteiger partial charge in [0, 0.05) is 41.8 Å². The monoisotopic (exact) mass is 524 g/mol. The first-order valence-electron chi connectivity index (χ1n) is 11.0. The lowest BCUT2D eigenvalue weighted by Gasteiger charge is -2.41. The van der Waals surface area contributed by atoms with Gasteiger partial charge in [0.2, 0.25) is 11.9 Å². The fourth-order valence-electron chi connectivity index (χ4n) is 4.77. The molecule has 3 atom stereocenters. The molecule has 4 rings (SSSR count). The highest BCUT2D eigenvalue weighted by molar-refractivity contribution is 9.10. The highest BCUT2D eigenvalue weighted by atomic mass is 79.9. The average Bonchev–Trinajstić information content (AvgIpc) is 2.81. The molecule has 9 heteroatoms. The Labute approximate surface area is 205 Å². The van der Waals surface area contributed by atoms with Crippen molar-refractivity contribution in [2.75, 3.05) is 11.9 Å². The van der Waals surface area contributed by atoms with Crippen molar-refractivity contribution >= 4 is 27.5 Å². The number of aromatic nitrogens is 1. The number of nitrogens with one attached hydrogen (secondary N) is 1. The van der Waals surface area contributed by atoms with Gasteiger partial charge in [-0.1, -0.05) is 46.3 Å². The number of carbonyl (C=O) groups is 1. The van der Waals surface area contributed by atoms with Gasteiger partial charge in [-0.2, -0.15) is 0 Å². The predicted octanol–water partition coefficient (Wildman–Crippen LogP) is 4.88. The van der Waals surface area contributed by atoms with Crippen LogP contribution in [-0.4, -0.2) is 38.4 Å². The van der Waals surface area contributed by atoms with E-state index < -0.39 is 12.1 Å². The summed E-state index contributed by atoms with van der Waals surface area (Å²) < 4.78 is 0.843. The van der Waals surface area contributed by atoms with Crippen LogP contribution in [0.25, 0.3) is 0 Å². The number of anilines is 1. The SMILES string of the molecule is CC(=O)Nc1cc([C@H]2[C@H]([N+](=O)[O-])[C@@H](c3ccccc3Br)CCN2Cc2cccnc2)ccc1O. The summed E-state index contributed by atoms with van der Waals surface area (Å²) in [6, 6.07) is 14.7. The lowest BCUT2D eigenvalue weighted by molar-refractivity contribution is -0.540. The lowest BCUT2D eigenvalue weighted by atomic mass is 9.78. The van der Waals surface area contributed by atoms with Crippen molar-refractivity contribution in [3.8, 4) is 5.75 Å². The van der Waals surface area contributed by atoms with Gasteiger partial charge in [-0.15, -0.1) is 0 Å². The van der Waals surface area contributed by atoms with E-state index in [4.69, 9.17) is 0 Å². The van der Waals surface area contributed by atoms with Gasteiger partial charge in [0.05, 0.1) is 11.6 Å². The third-order valence-corrected chi connectivity index (χ3v) is 6.91. The first-order valence-corrected chi connectivity index (χ1v) is 11.8. The Kier molecular flexibility index (Phi) is 7.23. The van der Waals surface area contributed by atoms with Gasteiger partial charge < -0.3 is 10.4 Å². The molecule has 0 bridgehead atoms. The van der Waals surface area contributed by atoms with Gasteiger partial charge in [0.1, 0.15) is 11.8 Å². The first-order chi connectivity index (χ1) is 16.3. The molecule has 176 valence electrons. The van der Waals surface area contributed by atoms with Crippen molar-refractivity contribution in [3.05, 3.63) is 98.3 Å². The number of hydrogen-bond donors (Lipinski definition) is 2. The molecular weight excluding hydrogens is 500 g/mol. The predicted molar refractivity (Wildman–Crippen MR) is 132 cm³/mol. The fraction of sp³-hybridized carbons (Fsp3) is 0.280. The first kappa shape index (κ1) is 23.8. The summed E-state index contributed by atoms with van der Waals surface area (Å²) in [5, 5.41) is 25.5. The van der Waals surface area contributed by atoms with Crippen molar-refractivity contribution in [1.82, 2.24) is 9.88 Å². The van der Waals surface area contributed by atoms with E-state index in [0.717, 1.165) is 15.6 Å². The number of pyridine rings is 1. The summed E-state index contributed by atoms with van der Waals surface area (Å²) in [4.78, 5) is 30.3. The number of halogens is 1. The smallest absolute Gasteiger partial charge is 0.239 e. The van der Waals surface area contributed by atoms with Crippen LogP contribution in [0.3, 0.4) is 0 Å². The van der Waals surface area contributed by atoms with Gasteiger partial charge in [-0.3, -0.25) is 24.8 Å². The molecular formula is C25H25BrN4O4. The van der Waals surface area contributed by atoms with Crippen LogP contribution in [0.1, 0.15) is 42.0 Å². The van der Waals surface area contributed by atoms with Crippen LogP contribution in [0.4, 0.5) is 5.69 Å². The standard InChI is InChI=1S/C25H25BrN4O4/c1-16(31)28-22-13-18(8-9-23(22)32)24-25(30(33)34)20(19-6-2-3-7-21(19)26)10-12-29(24)15-17-5-4-11-27-14-17/h2-9,11,13-14,20,24-25,32H,10,12,15H2,1H3,(H,28,31)/t20-,24+,25-/m1/s1. The Bertz CT molecular complexity index is 1190. The third kappa shape index (κ3) is 5.10. The summed E-state index contributed by atoms with van der Waals surface area (Å²) >= 11 is 3.58. The number of piperidine rings is 1. The molecule has 0 aliphatic carbocycles. The number of rotatable bonds is 6. The number of likely N-dealkylation sites (tertiary alicyclic amines) is 1. The van der Waals surface area contributed by atoms with Crippen molar-refractivity contribution in [3.63, 3.8) is 0 Å². The molecule has 2 heterocycles. The molecule has 1 fully saturated rings. The molecule has 3 aromatic rings. The molecule has 1 aliphatic heterocycles. The number of aromatic hydroxyl groups is 1. The van der Waals surface area contributed by atoms with E-state index in [-0.39, 0.29) is 28.2 Å². The maximum absolute atomic E-state index is 12.6. The maximum Gasteiger partial charge on any atom is 0.239 e. The van der Waals surface area contributed by atoms with E-state index in [2.05, 4.69) is 31.1 Å². The number of carbonyl (C=O) groups excluding carboxylic acids is 1. The molecule has 1 aromatic heterocycles. The normalized spacial score (nSPS) is 20.6. The van der Waals surface area contributed by atoms with E-state index in [1.165, 1.54) is 13.0 Å². The lowest BCUT2D eigenvalue weighted by Crippen LogP contribution is -2.48. The topological polar surface area (TPSA) is 109 Å². The molecule has 1 saturated heterocycles. The summed E-state index contributed by atoms with van der Waals surface area (Å²) in [6.07, 6.45) is 4.07. The van der Waals surface area contributed by atoms with Crippen LogP contribution in [0, 0.1) is 10.1 Å². The average molecular weight is 525 g/mol. The van der Waals surface area contributed by atoms with Crippen molar-refractivity contribution in [2.45, 2.75) is 37.9 Å². The number of phenolic OH excluding ortho intramolecular Hbond substituents is 1. The second-order valence-electron chi connectivity index (χ2n) is 8.43. The number of hydrogen-bond acceptors (Lipinski definition) is 6. The Hall–Kier alpha value is -3.30. The van der Waals surface area contributed by atoms with Crippen LogP contribution in [0.5, 0.6) is 5.75 Å². The zero-order valence-electron chi connectivity index (χ0n) is 18.6. The molecule has 34 heavy (non-hydrogen) atoms. The Morgan fingerprint density at radius 2 is 2.06 bits per heavy atom. The molecule has 2 aromatic carbocycles. The van der Waals surface area contributed by atoms with Crippen LogP contribution < -0.4 is 5.32 Å². The van der Waals surface area contributed by atoms with Gasteiger partial charge in [0.15, 0.2) is 0 Å². The second kappa shape index (κ2) is 10.3. The van der Waals surface area contributed by atoms with Crippen molar-refractivity contribution in [2.24, 2.45) is 0 Å². The Morgan fingerprint density at radius 1 is 1.26 bits per heavy atom. The Balaban J connectivity index is 1.81. The number of nitro groups is 1. The minimum atomic E-state index is -0.946. The minimum absolute atomic E-state index is 0.0893. The molecule has 8 nitrogen and oxygen atoms in total. The van der Waals surface area contributed by atoms with Gasteiger partial charge in [-0.05, 0) is 47.4 Å². The fourth-order valence-corrected chi connectivity index (χ4v) is 5.35. The largest absolute Gasteiger partial charge is 0.506 e. The summed E-state index contributed by atoms with van der Waals surface area (Å²) in [5.74, 6) is -0.743. The third-order valence-electron chi connectivity index (χ3n) is 6.19. The van der Waals surface area contributed by atoms with Crippen LogP contribution in [-0.2, 0) is 11.3 Å². The summed E-state index contributed by atoms with van der Waals surface area (Å²) in [5.41, 5.74) is 2.74. The highest BCUT2D eigenvalue weighted by Gasteiger charge is 2.48. The number of nitrogens with zero attached hydrogens (tertiary/aromatic N) is 3. The summed E-state index contributed by atoms with van der Waals surface area (Å²) in [6.45, 7) is 2.47. The zero-order valence-corrected chi connectivity index (χ0v) is 20.2. The highest BCUT2D eigenvalue weighted by Crippen LogP contribution is 2.44. The van der Waals surface area contributed by atoms with Crippen molar-refractivity contribution in [1.29, 1.82) is 0 Å². The van der Waals surface area contributed by atoms with E-state index in [1.807, 2.05) is 36.4 Å². The minimum Gasteiger partial charge on any atom is -0.506 e. The molecule has 2 N–H and O–H groups in total.